The summed E-state index contributed by atoms with van der Waals surface area (Å²) in [6, 6.07) is 0. The molecule has 1 aromatic rings. The van der Waals surface area contributed by atoms with E-state index in [-0.39, 0.29) is 6.54 Å². The molecule has 76 valence electrons. The van der Waals surface area contributed by atoms with E-state index in [1.165, 1.54) is 4.90 Å². The molecular formula is C8H9BrN3O2-. The van der Waals surface area contributed by atoms with Crippen molar-refractivity contribution < 1.29 is 9.90 Å². The predicted octanol–water partition coefficient (Wildman–Crippen LogP) is -0.185. The van der Waals surface area contributed by atoms with Crippen molar-refractivity contribution in [2.75, 3.05) is 18.0 Å². The van der Waals surface area contributed by atoms with Crippen molar-refractivity contribution in [1.29, 1.82) is 0 Å². The highest BCUT2D eigenvalue weighted by Crippen LogP contribution is 2.10. The minimum absolute atomic E-state index is 0.196. The molecule has 0 bridgehead atoms. The van der Waals surface area contributed by atoms with Crippen molar-refractivity contribution in [1.82, 2.24) is 9.97 Å². The van der Waals surface area contributed by atoms with Gasteiger partial charge >= 0.3 is 0 Å². The Balaban J connectivity index is 2.78. The van der Waals surface area contributed by atoms with Crippen LogP contribution in [0.4, 0.5) is 5.95 Å². The molecule has 0 saturated heterocycles. The number of rotatable bonds is 4. The molecule has 0 aliphatic heterocycles. The largest absolute Gasteiger partial charge is 0.548 e. The molecule has 6 heteroatoms. The molecule has 0 amide bonds. The van der Waals surface area contributed by atoms with Crippen LogP contribution in [0, 0.1) is 0 Å². The van der Waals surface area contributed by atoms with Gasteiger partial charge in [-0.05, 0) is 22.9 Å². The van der Waals surface area contributed by atoms with Crippen molar-refractivity contribution in [3.8, 4) is 0 Å². The number of carbonyl (C=O) groups excluding carboxylic acids is 1. The molecule has 0 radical (unpaired) electrons. The van der Waals surface area contributed by atoms with Gasteiger partial charge in [0.15, 0.2) is 0 Å². The molecule has 0 fully saturated rings. The zero-order valence-corrected chi connectivity index (χ0v) is 9.19. The first-order valence-electron chi connectivity index (χ1n) is 4.05. The second-order valence-electron chi connectivity index (χ2n) is 2.59. The predicted molar refractivity (Wildman–Crippen MR) is 52.6 cm³/mol. The van der Waals surface area contributed by atoms with Gasteiger partial charge in [0.25, 0.3) is 0 Å². The van der Waals surface area contributed by atoms with E-state index in [1.807, 2.05) is 6.92 Å². The van der Waals surface area contributed by atoms with Crippen LogP contribution in [0.2, 0.25) is 0 Å². The Morgan fingerprint density at radius 1 is 1.57 bits per heavy atom. The van der Waals surface area contributed by atoms with E-state index >= 15 is 0 Å². The van der Waals surface area contributed by atoms with Crippen molar-refractivity contribution >= 4 is 27.8 Å². The van der Waals surface area contributed by atoms with Crippen molar-refractivity contribution in [2.24, 2.45) is 0 Å². The quantitative estimate of drug-likeness (QED) is 0.749. The number of halogens is 1. The number of aromatic nitrogens is 2. The van der Waals surface area contributed by atoms with Crippen molar-refractivity contribution in [3.05, 3.63) is 16.9 Å². The zero-order valence-electron chi connectivity index (χ0n) is 7.61. The van der Waals surface area contributed by atoms with E-state index in [4.69, 9.17) is 0 Å². The van der Waals surface area contributed by atoms with Crippen LogP contribution < -0.4 is 10.0 Å². The third-order valence-electron chi connectivity index (χ3n) is 1.59. The first-order chi connectivity index (χ1) is 6.63. The number of anilines is 1. The number of aliphatic carboxylic acids is 1. The minimum atomic E-state index is -1.14. The number of carboxylic acids is 1. The fraction of sp³-hybridized carbons (Fsp3) is 0.375. The molecule has 0 N–H and O–H groups in total. The van der Waals surface area contributed by atoms with Crippen LogP contribution in [-0.2, 0) is 4.79 Å². The average Bonchev–Trinajstić information content (AvgIpc) is 2.15. The summed E-state index contributed by atoms with van der Waals surface area (Å²) in [5.74, 6) is -0.752. The normalized spacial score (nSPS) is 9.86. The molecule has 0 aliphatic rings. The number of likely N-dealkylation sites (N-methyl/N-ethyl adjacent to an activating group) is 1. The molecular weight excluding hydrogens is 250 g/mol. The highest BCUT2D eigenvalue weighted by Gasteiger charge is 2.06. The lowest BCUT2D eigenvalue weighted by atomic mass is 10.5. The lowest BCUT2D eigenvalue weighted by Gasteiger charge is -2.20. The van der Waals surface area contributed by atoms with Crippen molar-refractivity contribution in [2.45, 2.75) is 6.92 Å². The summed E-state index contributed by atoms with van der Waals surface area (Å²) >= 11 is 3.20. The number of hydrogen-bond acceptors (Lipinski definition) is 5. The lowest BCUT2D eigenvalue weighted by molar-refractivity contribution is -0.303. The van der Waals surface area contributed by atoms with Crippen LogP contribution in [0.15, 0.2) is 16.9 Å². The second-order valence-corrected chi connectivity index (χ2v) is 3.50. The summed E-state index contributed by atoms with van der Waals surface area (Å²) in [5, 5.41) is 10.4. The van der Waals surface area contributed by atoms with Gasteiger partial charge in [0.2, 0.25) is 5.95 Å². The topological polar surface area (TPSA) is 69.2 Å². The third kappa shape index (κ3) is 2.95. The van der Waals surface area contributed by atoms with E-state index in [2.05, 4.69) is 25.9 Å². The van der Waals surface area contributed by atoms with Crippen LogP contribution in [0.25, 0.3) is 0 Å². The number of hydrogen-bond donors (Lipinski definition) is 0. The van der Waals surface area contributed by atoms with E-state index in [0.717, 1.165) is 4.47 Å². The zero-order chi connectivity index (χ0) is 10.6. The van der Waals surface area contributed by atoms with Gasteiger partial charge in [-0.1, -0.05) is 0 Å². The molecule has 14 heavy (non-hydrogen) atoms. The van der Waals surface area contributed by atoms with Gasteiger partial charge in [0.05, 0.1) is 17.0 Å². The summed E-state index contributed by atoms with van der Waals surface area (Å²) in [6.07, 6.45) is 3.14. The highest BCUT2D eigenvalue weighted by molar-refractivity contribution is 9.10. The number of carboxylic acid groups (broad SMARTS) is 1. The van der Waals surface area contributed by atoms with E-state index in [0.29, 0.717) is 12.5 Å². The van der Waals surface area contributed by atoms with Crippen LogP contribution in [0.1, 0.15) is 6.92 Å². The molecule has 0 aliphatic carbocycles. The molecule has 0 spiro atoms. The summed E-state index contributed by atoms with van der Waals surface area (Å²) < 4.78 is 0.755. The molecule has 0 saturated carbocycles. The first-order valence-corrected chi connectivity index (χ1v) is 4.85. The smallest absolute Gasteiger partial charge is 0.225 e. The van der Waals surface area contributed by atoms with Gasteiger partial charge in [-0.15, -0.1) is 0 Å². The Hall–Kier alpha value is -1.17. The third-order valence-corrected chi connectivity index (χ3v) is 2.00. The SMILES string of the molecule is CCN(CC(=O)[O-])c1ncc(Br)cn1. The van der Waals surface area contributed by atoms with Crippen LogP contribution in [-0.4, -0.2) is 29.0 Å². The van der Waals surface area contributed by atoms with Gasteiger partial charge in [-0.25, -0.2) is 9.97 Å². The Morgan fingerprint density at radius 3 is 2.57 bits per heavy atom. The lowest BCUT2D eigenvalue weighted by Crippen LogP contribution is -2.38. The number of nitrogens with zero attached hydrogens (tertiary/aromatic N) is 3. The van der Waals surface area contributed by atoms with Gasteiger partial charge in [-0.3, -0.25) is 0 Å². The molecule has 0 aromatic carbocycles. The Labute approximate surface area is 89.9 Å². The molecule has 1 aromatic heterocycles. The fourth-order valence-corrected chi connectivity index (χ4v) is 1.15. The second kappa shape index (κ2) is 4.90. The molecule has 1 heterocycles. The Morgan fingerprint density at radius 2 is 2.14 bits per heavy atom. The first kappa shape index (κ1) is 10.9. The maximum absolute atomic E-state index is 10.4. The average molecular weight is 259 g/mol. The maximum Gasteiger partial charge on any atom is 0.225 e. The summed E-state index contributed by atoms with van der Waals surface area (Å²) in [6.45, 7) is 2.15. The Kier molecular flexibility index (Phi) is 3.82. The highest BCUT2D eigenvalue weighted by atomic mass is 79.9. The Bertz CT molecular complexity index is 315. The van der Waals surface area contributed by atoms with E-state index in [9.17, 15) is 9.90 Å². The standard InChI is InChI=1S/C8H10BrN3O2/c1-2-12(5-7(13)14)8-10-3-6(9)4-11-8/h3-4H,2,5H2,1H3,(H,13,14)/p-1. The van der Waals surface area contributed by atoms with Crippen LogP contribution >= 0.6 is 15.9 Å². The van der Waals surface area contributed by atoms with Gasteiger partial charge < -0.3 is 14.8 Å². The summed E-state index contributed by atoms with van der Waals surface area (Å²) in [7, 11) is 0. The summed E-state index contributed by atoms with van der Waals surface area (Å²) in [5.41, 5.74) is 0. The number of carbonyl (C=O) groups is 1. The molecule has 0 unspecified atom stereocenters. The van der Waals surface area contributed by atoms with Crippen molar-refractivity contribution in [3.63, 3.8) is 0 Å². The monoisotopic (exact) mass is 258 g/mol. The molecule has 0 atom stereocenters. The van der Waals surface area contributed by atoms with Gasteiger partial charge in [-0.2, -0.15) is 0 Å². The molecule has 1 rings (SSSR count). The van der Waals surface area contributed by atoms with Crippen LogP contribution in [0.3, 0.4) is 0 Å². The summed E-state index contributed by atoms with van der Waals surface area (Å²) in [4.78, 5) is 19.9. The van der Waals surface area contributed by atoms with Gasteiger partial charge in [0.1, 0.15) is 0 Å². The van der Waals surface area contributed by atoms with E-state index < -0.39 is 5.97 Å². The molecule has 5 nitrogen and oxygen atoms in total. The minimum Gasteiger partial charge on any atom is -0.548 e. The van der Waals surface area contributed by atoms with E-state index in [1.54, 1.807) is 12.4 Å². The maximum atomic E-state index is 10.4. The fourth-order valence-electron chi connectivity index (χ4n) is 0.949. The van der Waals surface area contributed by atoms with Crippen LogP contribution in [0.5, 0.6) is 0 Å². The van der Waals surface area contributed by atoms with Gasteiger partial charge in [0, 0.05) is 18.9 Å².